The van der Waals surface area contributed by atoms with Gasteiger partial charge in [0.1, 0.15) is 0 Å². The van der Waals surface area contributed by atoms with Gasteiger partial charge < -0.3 is 10.1 Å². The van der Waals surface area contributed by atoms with E-state index in [1.54, 1.807) is 20.0 Å². The van der Waals surface area contributed by atoms with Crippen molar-refractivity contribution in [2.75, 3.05) is 14.2 Å². The average molecular weight is 211 g/mol. The summed E-state index contributed by atoms with van der Waals surface area (Å²) < 4.78 is 18.4. The van der Waals surface area contributed by atoms with Crippen molar-refractivity contribution in [1.29, 1.82) is 0 Å². The molecule has 0 aliphatic rings. The number of hydrogen-bond donors (Lipinski definition) is 1. The van der Waals surface area contributed by atoms with Gasteiger partial charge in [0.25, 0.3) is 0 Å². The van der Waals surface area contributed by atoms with Gasteiger partial charge in [-0.05, 0) is 26.1 Å². The minimum atomic E-state index is -0.605. The molecule has 0 saturated heterocycles. The molecule has 1 atom stereocenters. The van der Waals surface area contributed by atoms with Crippen LogP contribution in [0, 0.1) is 5.82 Å². The Balaban J connectivity index is 3.09. The van der Waals surface area contributed by atoms with E-state index in [9.17, 15) is 9.18 Å². The molecular weight excluding hydrogens is 197 g/mol. The Bertz CT molecular complexity index is 366. The summed E-state index contributed by atoms with van der Waals surface area (Å²) in [6.45, 7) is 1.68. The number of benzene rings is 1. The van der Waals surface area contributed by atoms with Gasteiger partial charge in [-0.1, -0.05) is 6.07 Å². The standard InChI is InChI=1S/C11H14FNO2/c1-7(13-2)11(14)8-5-4-6-9(15-3)10(8)12/h4-7,13H,1-3H3. The van der Waals surface area contributed by atoms with Crippen LogP contribution in [0.25, 0.3) is 0 Å². The number of methoxy groups -OCH3 is 1. The summed E-state index contributed by atoms with van der Waals surface area (Å²) in [5.41, 5.74) is 0.0520. The van der Waals surface area contributed by atoms with Crippen molar-refractivity contribution >= 4 is 5.78 Å². The van der Waals surface area contributed by atoms with Crippen LogP contribution in [0.5, 0.6) is 5.75 Å². The second-order valence-corrected chi connectivity index (χ2v) is 3.20. The predicted molar refractivity (Wildman–Crippen MR) is 55.8 cm³/mol. The number of ketones is 1. The van der Waals surface area contributed by atoms with Gasteiger partial charge in [0.05, 0.1) is 18.7 Å². The Morgan fingerprint density at radius 2 is 2.20 bits per heavy atom. The smallest absolute Gasteiger partial charge is 0.182 e. The van der Waals surface area contributed by atoms with Gasteiger partial charge in [-0.25, -0.2) is 4.39 Å². The zero-order valence-corrected chi connectivity index (χ0v) is 9.00. The Morgan fingerprint density at radius 1 is 1.53 bits per heavy atom. The minimum absolute atomic E-state index is 0.0520. The number of nitrogens with one attached hydrogen (secondary N) is 1. The molecule has 0 aliphatic carbocycles. The number of likely N-dealkylation sites (N-methyl/N-ethyl adjacent to an activating group) is 1. The van der Waals surface area contributed by atoms with E-state index in [4.69, 9.17) is 4.74 Å². The Hall–Kier alpha value is -1.42. The monoisotopic (exact) mass is 211 g/mol. The first-order valence-electron chi connectivity index (χ1n) is 4.65. The molecule has 0 spiro atoms. The van der Waals surface area contributed by atoms with Crippen molar-refractivity contribution in [2.45, 2.75) is 13.0 Å². The highest BCUT2D eigenvalue weighted by atomic mass is 19.1. The Labute approximate surface area is 88.2 Å². The van der Waals surface area contributed by atoms with Gasteiger partial charge in [0.15, 0.2) is 17.3 Å². The van der Waals surface area contributed by atoms with E-state index in [0.717, 1.165) is 0 Å². The highest BCUT2D eigenvalue weighted by molar-refractivity contribution is 6.00. The molecule has 0 saturated carbocycles. The van der Waals surface area contributed by atoms with Crippen LogP contribution >= 0.6 is 0 Å². The molecule has 1 aromatic carbocycles. The van der Waals surface area contributed by atoms with Crippen molar-refractivity contribution < 1.29 is 13.9 Å². The van der Waals surface area contributed by atoms with Gasteiger partial charge in [-0.3, -0.25) is 4.79 Å². The maximum absolute atomic E-state index is 13.6. The number of halogens is 1. The van der Waals surface area contributed by atoms with Crippen molar-refractivity contribution in [1.82, 2.24) is 5.32 Å². The molecule has 1 unspecified atom stereocenters. The van der Waals surface area contributed by atoms with Crippen molar-refractivity contribution in [2.24, 2.45) is 0 Å². The zero-order chi connectivity index (χ0) is 11.4. The van der Waals surface area contributed by atoms with E-state index in [1.165, 1.54) is 19.2 Å². The van der Waals surface area contributed by atoms with Gasteiger partial charge in [0.2, 0.25) is 0 Å². The molecule has 0 radical (unpaired) electrons. The third-order valence-electron chi connectivity index (χ3n) is 2.27. The fraction of sp³-hybridized carbons (Fsp3) is 0.364. The van der Waals surface area contributed by atoms with Gasteiger partial charge in [0, 0.05) is 0 Å². The predicted octanol–water partition coefficient (Wildman–Crippen LogP) is 1.62. The molecule has 3 nitrogen and oxygen atoms in total. The molecule has 82 valence electrons. The third-order valence-corrected chi connectivity index (χ3v) is 2.27. The molecule has 1 rings (SSSR count). The van der Waals surface area contributed by atoms with E-state index in [1.807, 2.05) is 0 Å². The molecule has 15 heavy (non-hydrogen) atoms. The molecule has 1 aromatic rings. The van der Waals surface area contributed by atoms with Crippen molar-refractivity contribution in [3.05, 3.63) is 29.6 Å². The minimum Gasteiger partial charge on any atom is -0.494 e. The molecule has 4 heteroatoms. The summed E-state index contributed by atoms with van der Waals surface area (Å²) >= 11 is 0. The lowest BCUT2D eigenvalue weighted by molar-refractivity contribution is 0.0950. The Kier molecular flexibility index (Phi) is 3.80. The highest BCUT2D eigenvalue weighted by Crippen LogP contribution is 2.20. The maximum Gasteiger partial charge on any atom is 0.182 e. The van der Waals surface area contributed by atoms with Crippen LogP contribution in [0.3, 0.4) is 0 Å². The number of ether oxygens (including phenoxy) is 1. The number of carbonyl (C=O) groups excluding carboxylic acids is 1. The quantitative estimate of drug-likeness (QED) is 0.769. The molecule has 0 fully saturated rings. The lowest BCUT2D eigenvalue weighted by Crippen LogP contribution is -2.31. The summed E-state index contributed by atoms with van der Waals surface area (Å²) in [7, 11) is 3.02. The summed E-state index contributed by atoms with van der Waals surface area (Å²) in [4.78, 5) is 11.7. The van der Waals surface area contributed by atoms with Gasteiger partial charge >= 0.3 is 0 Å². The number of rotatable bonds is 4. The number of hydrogen-bond acceptors (Lipinski definition) is 3. The third kappa shape index (κ3) is 2.33. The van der Waals surface area contributed by atoms with Crippen LogP contribution in [-0.2, 0) is 0 Å². The summed E-state index contributed by atoms with van der Waals surface area (Å²) in [5, 5.41) is 2.77. The first-order valence-corrected chi connectivity index (χ1v) is 4.65. The summed E-state index contributed by atoms with van der Waals surface area (Å²) in [6, 6.07) is 4.12. The first-order chi connectivity index (χ1) is 7.11. The van der Waals surface area contributed by atoms with Gasteiger partial charge in [-0.2, -0.15) is 0 Å². The number of carbonyl (C=O) groups is 1. The van der Waals surface area contributed by atoms with Crippen LogP contribution in [0.4, 0.5) is 4.39 Å². The van der Waals surface area contributed by atoms with Gasteiger partial charge in [-0.15, -0.1) is 0 Å². The number of Topliss-reactive ketones (excluding diaryl/α,β-unsaturated/α-hetero) is 1. The van der Waals surface area contributed by atoms with E-state index in [0.29, 0.717) is 0 Å². The SMILES string of the molecule is CNC(C)C(=O)c1cccc(OC)c1F. The fourth-order valence-electron chi connectivity index (χ4n) is 1.22. The topological polar surface area (TPSA) is 38.3 Å². The highest BCUT2D eigenvalue weighted by Gasteiger charge is 2.19. The normalized spacial score (nSPS) is 12.3. The summed E-state index contributed by atoms with van der Waals surface area (Å²) in [5.74, 6) is -0.801. The molecular formula is C11H14FNO2. The zero-order valence-electron chi connectivity index (χ0n) is 9.00. The molecule has 0 aliphatic heterocycles. The van der Waals surface area contributed by atoms with Crippen LogP contribution in [0.2, 0.25) is 0 Å². The van der Waals surface area contributed by atoms with E-state index >= 15 is 0 Å². The van der Waals surface area contributed by atoms with E-state index in [-0.39, 0.29) is 17.1 Å². The second kappa shape index (κ2) is 4.89. The average Bonchev–Trinajstić information content (AvgIpc) is 2.27. The molecule has 0 aromatic heterocycles. The molecule has 1 N–H and O–H groups in total. The molecule has 0 amide bonds. The lowest BCUT2D eigenvalue weighted by atomic mass is 10.0. The van der Waals surface area contributed by atoms with Crippen LogP contribution in [0.15, 0.2) is 18.2 Å². The van der Waals surface area contributed by atoms with E-state index in [2.05, 4.69) is 5.32 Å². The fourth-order valence-corrected chi connectivity index (χ4v) is 1.22. The van der Waals surface area contributed by atoms with Crippen LogP contribution in [0.1, 0.15) is 17.3 Å². The van der Waals surface area contributed by atoms with Crippen LogP contribution < -0.4 is 10.1 Å². The molecule has 0 bridgehead atoms. The van der Waals surface area contributed by atoms with Crippen molar-refractivity contribution in [3.8, 4) is 5.75 Å². The molecule has 0 heterocycles. The lowest BCUT2D eigenvalue weighted by Gasteiger charge is -2.11. The second-order valence-electron chi connectivity index (χ2n) is 3.20. The largest absolute Gasteiger partial charge is 0.494 e. The van der Waals surface area contributed by atoms with Crippen LogP contribution in [-0.4, -0.2) is 26.0 Å². The first kappa shape index (κ1) is 11.7. The van der Waals surface area contributed by atoms with E-state index < -0.39 is 11.9 Å². The maximum atomic E-state index is 13.6. The van der Waals surface area contributed by atoms with Crippen molar-refractivity contribution in [3.63, 3.8) is 0 Å². The summed E-state index contributed by atoms with van der Waals surface area (Å²) in [6.07, 6.45) is 0. The Morgan fingerprint density at radius 3 is 2.73 bits per heavy atom.